The van der Waals surface area contributed by atoms with Gasteiger partial charge in [-0.2, -0.15) is 4.31 Å². The Balaban J connectivity index is 1.38. The fourth-order valence-corrected chi connectivity index (χ4v) is 6.13. The molecule has 1 fully saturated rings. The van der Waals surface area contributed by atoms with Crippen molar-refractivity contribution in [3.05, 3.63) is 59.2 Å². The van der Waals surface area contributed by atoms with E-state index in [2.05, 4.69) is 5.32 Å². The molecule has 0 unspecified atom stereocenters. The maximum absolute atomic E-state index is 13.2. The predicted molar refractivity (Wildman–Crippen MR) is 128 cm³/mol. The molecule has 0 atom stereocenters. The van der Waals surface area contributed by atoms with E-state index in [1.165, 1.54) is 14.8 Å². The summed E-state index contributed by atoms with van der Waals surface area (Å²) < 4.78 is 27.9. The van der Waals surface area contributed by atoms with Crippen molar-refractivity contribution in [2.75, 3.05) is 32.5 Å². The van der Waals surface area contributed by atoms with Crippen LogP contribution in [0.15, 0.2) is 47.4 Å². The summed E-state index contributed by atoms with van der Waals surface area (Å²) in [6.07, 6.45) is 5.14. The molecule has 0 spiro atoms. The first-order chi connectivity index (χ1) is 15.8. The van der Waals surface area contributed by atoms with Crippen molar-refractivity contribution in [2.45, 2.75) is 43.4 Å². The average molecular weight is 470 g/mol. The summed E-state index contributed by atoms with van der Waals surface area (Å²) in [4.78, 5) is 26.8. The van der Waals surface area contributed by atoms with Crippen LogP contribution >= 0.6 is 0 Å². The van der Waals surface area contributed by atoms with E-state index in [1.807, 2.05) is 12.1 Å². The fraction of sp³-hybridized carbons (Fsp3) is 0.440. The minimum atomic E-state index is -3.57. The summed E-state index contributed by atoms with van der Waals surface area (Å²) >= 11 is 0. The molecule has 1 N–H and O–H groups in total. The quantitative estimate of drug-likeness (QED) is 0.728. The highest BCUT2D eigenvalue weighted by Gasteiger charge is 2.32. The number of nitrogens with one attached hydrogen (secondary N) is 1. The Kier molecular flexibility index (Phi) is 6.86. The summed E-state index contributed by atoms with van der Waals surface area (Å²) in [5, 5.41) is 2.89. The molecule has 0 aromatic heterocycles. The van der Waals surface area contributed by atoms with Crippen LogP contribution in [0.4, 0.5) is 5.69 Å². The molecule has 1 saturated heterocycles. The molecular weight excluding hydrogens is 438 g/mol. The number of anilines is 1. The lowest BCUT2D eigenvalue weighted by Crippen LogP contribution is -2.41. The Morgan fingerprint density at radius 3 is 2.36 bits per heavy atom. The van der Waals surface area contributed by atoms with E-state index in [4.69, 9.17) is 0 Å². The average Bonchev–Trinajstić information content (AvgIpc) is 2.83. The molecular formula is C25H31N3O4S. The van der Waals surface area contributed by atoms with E-state index in [9.17, 15) is 18.0 Å². The van der Waals surface area contributed by atoms with Gasteiger partial charge in [0.15, 0.2) is 0 Å². The number of carbonyl (C=O) groups is 2. The summed E-state index contributed by atoms with van der Waals surface area (Å²) in [6.45, 7) is 0.632. The number of carbonyl (C=O) groups excluding carboxylic acids is 2. The Hall–Kier alpha value is -2.71. The summed E-state index contributed by atoms with van der Waals surface area (Å²) in [5.41, 5.74) is 3.47. The van der Waals surface area contributed by atoms with Gasteiger partial charge >= 0.3 is 0 Å². The van der Waals surface area contributed by atoms with Crippen molar-refractivity contribution in [1.29, 1.82) is 0 Å². The maximum Gasteiger partial charge on any atom is 0.253 e. The topological polar surface area (TPSA) is 86.8 Å². The van der Waals surface area contributed by atoms with Crippen LogP contribution in [0.25, 0.3) is 0 Å². The number of rotatable bonds is 5. The Morgan fingerprint density at radius 1 is 0.970 bits per heavy atom. The molecule has 0 radical (unpaired) electrons. The number of hydrogen-bond donors (Lipinski definition) is 1. The van der Waals surface area contributed by atoms with Gasteiger partial charge in [-0.05, 0) is 80.0 Å². The molecule has 1 aliphatic heterocycles. The number of sulfonamides is 1. The second-order valence-corrected chi connectivity index (χ2v) is 11.0. The van der Waals surface area contributed by atoms with E-state index < -0.39 is 10.0 Å². The largest absolute Gasteiger partial charge is 0.345 e. The Labute approximate surface area is 195 Å². The maximum atomic E-state index is 13.2. The second-order valence-electron chi connectivity index (χ2n) is 9.09. The van der Waals surface area contributed by atoms with Crippen LogP contribution in [-0.4, -0.2) is 56.6 Å². The van der Waals surface area contributed by atoms with Gasteiger partial charge in [0.1, 0.15) is 0 Å². The second kappa shape index (κ2) is 9.65. The van der Waals surface area contributed by atoms with E-state index >= 15 is 0 Å². The van der Waals surface area contributed by atoms with E-state index in [0.717, 1.165) is 31.2 Å². The molecule has 2 aliphatic rings. The van der Waals surface area contributed by atoms with Gasteiger partial charge in [-0.3, -0.25) is 9.59 Å². The highest BCUT2D eigenvalue weighted by atomic mass is 32.2. The van der Waals surface area contributed by atoms with Gasteiger partial charge in [0.25, 0.3) is 5.91 Å². The zero-order valence-corrected chi connectivity index (χ0v) is 20.0. The van der Waals surface area contributed by atoms with Gasteiger partial charge in [0.2, 0.25) is 15.9 Å². The summed E-state index contributed by atoms with van der Waals surface area (Å²) in [6, 6.07) is 12.4. The molecule has 7 nitrogen and oxygen atoms in total. The third kappa shape index (κ3) is 5.12. The third-order valence-electron chi connectivity index (χ3n) is 6.57. The van der Waals surface area contributed by atoms with E-state index in [-0.39, 0.29) is 17.7 Å². The zero-order valence-electron chi connectivity index (χ0n) is 19.2. The van der Waals surface area contributed by atoms with Crippen LogP contribution in [0.1, 0.15) is 47.2 Å². The van der Waals surface area contributed by atoms with Crippen molar-refractivity contribution in [2.24, 2.45) is 5.92 Å². The monoisotopic (exact) mass is 469 g/mol. The number of benzene rings is 2. The molecule has 0 bridgehead atoms. The summed E-state index contributed by atoms with van der Waals surface area (Å²) in [7, 11) is -0.207. The number of nitrogens with zero attached hydrogens (tertiary/aromatic N) is 2. The van der Waals surface area contributed by atoms with Crippen LogP contribution in [0.3, 0.4) is 0 Å². The molecule has 1 heterocycles. The van der Waals surface area contributed by atoms with Crippen LogP contribution in [0.2, 0.25) is 0 Å². The van der Waals surface area contributed by atoms with Crippen LogP contribution in [-0.2, 0) is 27.7 Å². The van der Waals surface area contributed by atoms with Gasteiger partial charge < -0.3 is 10.2 Å². The molecule has 8 heteroatoms. The van der Waals surface area contributed by atoms with E-state index in [0.29, 0.717) is 42.1 Å². The first kappa shape index (κ1) is 23.4. The van der Waals surface area contributed by atoms with Gasteiger partial charge in [-0.25, -0.2) is 8.42 Å². The lowest BCUT2D eigenvalue weighted by Gasteiger charge is -2.31. The van der Waals surface area contributed by atoms with Crippen molar-refractivity contribution >= 4 is 27.5 Å². The normalized spacial score (nSPS) is 17.3. The molecule has 176 valence electrons. The minimum Gasteiger partial charge on any atom is -0.345 e. The van der Waals surface area contributed by atoms with Gasteiger partial charge in [0.05, 0.1) is 4.90 Å². The Bertz CT molecular complexity index is 1150. The molecule has 2 aromatic rings. The van der Waals surface area contributed by atoms with Crippen LogP contribution in [0.5, 0.6) is 0 Å². The van der Waals surface area contributed by atoms with Gasteiger partial charge in [-0.1, -0.05) is 12.1 Å². The minimum absolute atomic E-state index is 0.133. The number of fused-ring (bicyclic) bond motifs is 1. The van der Waals surface area contributed by atoms with Crippen molar-refractivity contribution in [1.82, 2.24) is 9.21 Å². The molecule has 0 saturated carbocycles. The third-order valence-corrected chi connectivity index (χ3v) is 8.46. The number of hydrogen-bond acceptors (Lipinski definition) is 4. The van der Waals surface area contributed by atoms with E-state index in [1.54, 1.807) is 44.4 Å². The van der Waals surface area contributed by atoms with Crippen LogP contribution < -0.4 is 5.32 Å². The predicted octanol–water partition coefficient (Wildman–Crippen LogP) is 3.31. The highest BCUT2D eigenvalue weighted by Crippen LogP contribution is 2.28. The lowest BCUT2D eigenvalue weighted by molar-refractivity contribution is -0.120. The molecule has 2 amide bonds. The fourth-order valence-electron chi connectivity index (χ4n) is 4.61. The number of piperidine rings is 1. The first-order valence-electron chi connectivity index (χ1n) is 11.5. The molecule has 1 aliphatic carbocycles. The van der Waals surface area contributed by atoms with Gasteiger partial charge in [0, 0.05) is 44.4 Å². The first-order valence-corrected chi connectivity index (χ1v) is 12.9. The standard InChI is InChI=1S/C25H31N3O4S/c1-27(2)25(30)21-8-5-9-22(16-21)26-24(29)19-12-14-28(15-13-19)33(31,32)23-11-10-18-6-3-4-7-20(18)17-23/h5,8-11,16-17,19H,3-4,6-7,12-15H2,1-2H3,(H,26,29). The highest BCUT2D eigenvalue weighted by molar-refractivity contribution is 7.89. The van der Waals surface area contributed by atoms with Crippen molar-refractivity contribution in [3.63, 3.8) is 0 Å². The van der Waals surface area contributed by atoms with Crippen LogP contribution in [0, 0.1) is 5.92 Å². The Morgan fingerprint density at radius 2 is 1.67 bits per heavy atom. The zero-order chi connectivity index (χ0) is 23.6. The molecule has 2 aromatic carbocycles. The van der Waals surface area contributed by atoms with Gasteiger partial charge in [-0.15, -0.1) is 0 Å². The molecule has 33 heavy (non-hydrogen) atoms. The smallest absolute Gasteiger partial charge is 0.253 e. The molecule has 4 rings (SSSR count). The summed E-state index contributed by atoms with van der Waals surface area (Å²) in [5.74, 6) is -0.546. The number of amides is 2. The van der Waals surface area contributed by atoms with Crippen molar-refractivity contribution in [3.8, 4) is 0 Å². The number of aryl methyl sites for hydroxylation is 2. The van der Waals surface area contributed by atoms with Crippen molar-refractivity contribution < 1.29 is 18.0 Å². The SMILES string of the molecule is CN(C)C(=O)c1cccc(NC(=O)C2CCN(S(=O)(=O)c3ccc4c(c3)CCCC4)CC2)c1. The lowest BCUT2D eigenvalue weighted by atomic mass is 9.92.